The van der Waals surface area contributed by atoms with Gasteiger partial charge in [-0.05, 0) is 110 Å². The van der Waals surface area contributed by atoms with Crippen LogP contribution in [-0.4, -0.2) is 160 Å². The number of rotatable bonds is 19. The molecule has 1 spiro atoms. The van der Waals surface area contributed by atoms with Gasteiger partial charge in [0.15, 0.2) is 36.8 Å². The Hall–Kier alpha value is -2.65. The van der Waals surface area contributed by atoms with Crippen molar-refractivity contribution in [3.8, 4) is 0 Å². The van der Waals surface area contributed by atoms with Crippen molar-refractivity contribution in [2.75, 3.05) is 45.7 Å². The van der Waals surface area contributed by atoms with Crippen molar-refractivity contribution in [3.05, 3.63) is 90.3 Å². The van der Waals surface area contributed by atoms with E-state index in [1.807, 2.05) is 26.0 Å². The molecule has 8 rings (SSSR count). The molecule has 2 aromatic carbocycles. The van der Waals surface area contributed by atoms with Crippen LogP contribution in [0.25, 0.3) is 0 Å². The number of pyridine rings is 1. The van der Waals surface area contributed by atoms with E-state index >= 15 is 9.90 Å². The van der Waals surface area contributed by atoms with Crippen LogP contribution in [0.5, 0.6) is 0 Å². The van der Waals surface area contributed by atoms with Crippen LogP contribution >= 0.6 is 11.8 Å². The largest absolute Gasteiger partial charge is 0.465 e. The molecule has 3 aliphatic heterocycles. The fourth-order valence-corrected chi connectivity index (χ4v) is 23.6. The summed E-state index contributed by atoms with van der Waals surface area (Å²) in [7, 11) is -9.31. The third-order valence-electron chi connectivity index (χ3n) is 21.4. The summed E-state index contributed by atoms with van der Waals surface area (Å²) >= 11 is 1.58. The molecule has 2 saturated carbocycles. The van der Waals surface area contributed by atoms with E-state index in [0.717, 1.165) is 10.4 Å². The fourth-order valence-electron chi connectivity index (χ4n) is 13.9. The number of esters is 2. The molecule has 4 heterocycles. The van der Waals surface area contributed by atoms with Gasteiger partial charge in [-0.25, -0.2) is 4.79 Å². The van der Waals surface area contributed by atoms with E-state index in [0.29, 0.717) is 17.2 Å². The first-order valence-corrected chi connectivity index (χ1v) is 42.7. The number of nitrogens with zero attached hydrogens (tertiary/aromatic N) is 1. The number of ether oxygens (including phenoxy) is 7. The molecule has 1 aromatic heterocycles. The molecule has 0 radical (unpaired) electrons. The normalized spacial score (nSPS) is 32.4. The Morgan fingerprint density at radius 1 is 0.674 bits per heavy atom. The van der Waals surface area contributed by atoms with Gasteiger partial charge in [-0.3, -0.25) is 9.78 Å². The second kappa shape index (κ2) is 23.8. The van der Waals surface area contributed by atoms with E-state index in [-0.39, 0.29) is 30.6 Å². The maximum atomic E-state index is 16.1. The van der Waals surface area contributed by atoms with Crippen molar-refractivity contribution < 1.29 is 65.6 Å². The first kappa shape index (κ1) is 69.2. The first-order valence-electron chi connectivity index (χ1n) is 30.9. The van der Waals surface area contributed by atoms with Crippen LogP contribution in [0.4, 0.5) is 0 Å². The smallest absolute Gasteiger partial charge is 0.339 e. The predicted octanol–water partition coefficient (Wildman–Crippen LogP) is 12.0. The Bertz CT molecular complexity index is 2850. The summed E-state index contributed by atoms with van der Waals surface area (Å²) < 4.78 is 81.7. The minimum absolute atomic E-state index is 0.0114. The number of carbonyl (C=O) groups is 2. The SMILES string of the molecule is COCO[C@@H]1[C@H]2[C@H]3OC(C)(C)O[C@H]3[C@]3(CO[Si](C)(C)C(C)(C)C)[C@@H](O[Si](C)(C)C(C)(C)C)[C@@H](O[Si](C)(C)C(C)(C)C)[C@H](OC(=O)[C@H]4CSC[C@@H]4c4ncccc4C(=O)OC)[C@](C)(O)[C@@]13O[C@@]2(C)CO[Si](c1ccccc1)(c1ccccc1)C(C)(C)C. The zero-order valence-corrected chi connectivity index (χ0v) is 61.2. The average Bonchev–Trinajstić information content (AvgIpc) is 1.38. The van der Waals surface area contributed by atoms with Crippen molar-refractivity contribution in [2.24, 2.45) is 17.3 Å². The van der Waals surface area contributed by atoms with Gasteiger partial charge in [-0.1, -0.05) is 144 Å². The third-order valence-corrected chi connectivity index (χ3v) is 41.0. The van der Waals surface area contributed by atoms with Crippen molar-refractivity contribution >= 4 is 67.3 Å². The van der Waals surface area contributed by atoms with E-state index in [2.05, 4.69) is 178 Å². The molecule has 5 aliphatic rings. The van der Waals surface area contributed by atoms with Crippen LogP contribution in [0.1, 0.15) is 133 Å². The van der Waals surface area contributed by atoms with Gasteiger partial charge in [-0.15, -0.1) is 0 Å². The lowest BCUT2D eigenvalue weighted by atomic mass is 9.45. The maximum Gasteiger partial charge on any atom is 0.339 e. The molecule has 3 aromatic rings. The van der Waals surface area contributed by atoms with Gasteiger partial charge in [-0.2, -0.15) is 11.8 Å². The summed E-state index contributed by atoms with van der Waals surface area (Å²) in [5.74, 6) is -3.58. The Balaban J connectivity index is 1.48. The Morgan fingerprint density at radius 3 is 1.76 bits per heavy atom. The van der Waals surface area contributed by atoms with Crippen LogP contribution in [0, 0.1) is 17.3 Å². The summed E-state index contributed by atoms with van der Waals surface area (Å²) in [4.78, 5) is 34.2. The monoisotopic (exact) mass is 1280 g/mol. The van der Waals surface area contributed by atoms with Gasteiger partial charge in [0.05, 0.1) is 54.1 Å². The molecule has 3 saturated heterocycles. The second-order valence-electron chi connectivity index (χ2n) is 31.6. The lowest BCUT2D eigenvalue weighted by molar-refractivity contribution is -0.384. The number of benzene rings is 2. The van der Waals surface area contributed by atoms with E-state index < -0.39 is 143 Å². The predicted molar refractivity (Wildman–Crippen MR) is 349 cm³/mol. The summed E-state index contributed by atoms with van der Waals surface area (Å²) in [5, 5.41) is 16.0. The van der Waals surface area contributed by atoms with E-state index in [1.54, 1.807) is 44.1 Å². The molecule has 480 valence electrons. The van der Waals surface area contributed by atoms with Crippen LogP contribution in [0.15, 0.2) is 79.0 Å². The highest BCUT2D eigenvalue weighted by molar-refractivity contribution is 7.99. The molecule has 15 nitrogen and oxygen atoms in total. The molecule has 1 N–H and O–H groups in total. The third kappa shape index (κ3) is 11.6. The summed E-state index contributed by atoms with van der Waals surface area (Å²) in [5.41, 5.74) is -6.49. The minimum Gasteiger partial charge on any atom is -0.465 e. The molecule has 0 unspecified atom stereocenters. The molecule has 20 heteroatoms. The molecular weight excluding hydrogens is 1180 g/mol. The number of thioether (sulfide) groups is 1. The number of hydrogen-bond donors (Lipinski definition) is 1. The van der Waals surface area contributed by atoms with Crippen molar-refractivity contribution in [2.45, 2.75) is 235 Å². The summed E-state index contributed by atoms with van der Waals surface area (Å²) in [6.07, 6.45) is -4.98. The van der Waals surface area contributed by atoms with Crippen molar-refractivity contribution in [1.82, 2.24) is 4.98 Å². The van der Waals surface area contributed by atoms with Crippen molar-refractivity contribution in [3.63, 3.8) is 0 Å². The number of fused-ring (bicyclic) bond motifs is 4. The lowest BCUT2D eigenvalue weighted by Crippen LogP contribution is -2.89. The average molecular weight is 1280 g/mol. The van der Waals surface area contributed by atoms with Crippen molar-refractivity contribution in [1.29, 1.82) is 0 Å². The number of aromatic nitrogens is 1. The molecule has 2 aliphatic carbocycles. The highest BCUT2D eigenvalue weighted by Crippen LogP contribution is 2.73. The standard InChI is InChI=1S/C66H105NO14SSi4/c1-58(2,3)83(19,20)74-41-65-54-50(77-62(13,14)78-54)48-52(73-42-71-17)66(65,81-63(48,15)40-75-86(61(10,11)12,43-32-27-25-28-33-43)44-34-29-26-30-35-44)64(16,70)53(51(79-84(21,22)59(4,5)6)55(65)80-85(23,24)60(7,8)9)76-57(69)47-39-82-38-46(47)49-45(56(68)72-18)36-31-37-67-49/h25-37,46-48,50-55,70H,38-42H2,1-24H3/t46-,47-,48+,50+,51-,52+,53-,54+,55-,63-,64-,65+,66-/m0/s1. The van der Waals surface area contributed by atoms with Crippen LogP contribution in [-0.2, 0) is 55.7 Å². The second-order valence-corrected chi connectivity index (χ2v) is 51.3. The van der Waals surface area contributed by atoms with Gasteiger partial charge in [0.1, 0.15) is 36.3 Å². The molecule has 0 amide bonds. The van der Waals surface area contributed by atoms with Crippen LogP contribution in [0.3, 0.4) is 0 Å². The Morgan fingerprint density at radius 2 is 1.23 bits per heavy atom. The zero-order chi connectivity index (χ0) is 64.1. The van der Waals surface area contributed by atoms with E-state index in [4.69, 9.17) is 55.8 Å². The topological polar surface area (TPSA) is 169 Å². The number of aliphatic hydroxyl groups is 1. The fraction of sp³-hybridized carbons (Fsp3) is 0.712. The Kier molecular flexibility index (Phi) is 19.2. The molecule has 86 heavy (non-hydrogen) atoms. The van der Waals surface area contributed by atoms with Crippen LogP contribution in [0.2, 0.25) is 59.4 Å². The van der Waals surface area contributed by atoms with E-state index in [9.17, 15) is 4.79 Å². The molecule has 5 fully saturated rings. The minimum atomic E-state index is -3.34. The van der Waals surface area contributed by atoms with Gasteiger partial charge in [0.2, 0.25) is 0 Å². The van der Waals surface area contributed by atoms with Gasteiger partial charge < -0.3 is 56.0 Å². The highest BCUT2D eigenvalue weighted by atomic mass is 32.2. The van der Waals surface area contributed by atoms with Crippen LogP contribution < -0.4 is 10.4 Å². The quantitative estimate of drug-likeness (QED) is 0.0683. The molecule has 13 atom stereocenters. The molecule has 2 bridgehead atoms. The lowest BCUT2D eigenvalue weighted by Gasteiger charge is -2.70. The number of hydrogen-bond acceptors (Lipinski definition) is 16. The van der Waals surface area contributed by atoms with Gasteiger partial charge in [0.25, 0.3) is 8.32 Å². The number of carbonyl (C=O) groups excluding carboxylic acids is 2. The van der Waals surface area contributed by atoms with E-state index in [1.165, 1.54) is 7.11 Å². The first-order chi connectivity index (χ1) is 39.5. The highest BCUT2D eigenvalue weighted by Gasteiger charge is 2.91. The number of methoxy groups -OCH3 is 2. The zero-order valence-electron chi connectivity index (χ0n) is 56.3. The summed E-state index contributed by atoms with van der Waals surface area (Å²) in [6.45, 7) is 47.3. The maximum absolute atomic E-state index is 16.1. The molecular formula is C66H105NO14SSi4. The Labute approximate surface area is 523 Å². The van der Waals surface area contributed by atoms with Gasteiger partial charge in [0, 0.05) is 43.3 Å². The van der Waals surface area contributed by atoms with Gasteiger partial charge >= 0.3 is 11.9 Å². The summed E-state index contributed by atoms with van der Waals surface area (Å²) in [6, 6.07) is 24.4.